The van der Waals surface area contributed by atoms with Crippen molar-refractivity contribution >= 4 is 8.25 Å². The van der Waals surface area contributed by atoms with E-state index in [1.165, 1.54) is 7.11 Å². The van der Waals surface area contributed by atoms with Crippen molar-refractivity contribution in [3.63, 3.8) is 0 Å². The molecule has 0 fully saturated rings. The van der Waals surface area contributed by atoms with Gasteiger partial charge >= 0.3 is 8.25 Å². The molecule has 0 spiro atoms. The molecular formula is C9H21NO3P+. The minimum Gasteiger partial charge on any atom is -0.136 e. The molecule has 0 aromatic heterocycles. The molecule has 0 aliphatic carbocycles. The zero-order chi connectivity index (χ0) is 10.8. The number of nitrogens with zero attached hydrogens (tertiary/aromatic N) is 1. The van der Waals surface area contributed by atoms with Crippen LogP contribution in [0, 0.1) is 0 Å². The molecule has 0 aliphatic heterocycles. The maximum atomic E-state index is 11.0. The minimum absolute atomic E-state index is 0.820. The molecule has 0 rings (SSSR count). The Labute approximate surface area is 87.5 Å². The predicted molar refractivity (Wildman–Crippen MR) is 57.1 cm³/mol. The monoisotopic (exact) mass is 222 g/mol. The van der Waals surface area contributed by atoms with Crippen molar-refractivity contribution in [3.05, 3.63) is 0 Å². The van der Waals surface area contributed by atoms with E-state index in [4.69, 9.17) is 4.62 Å². The molecule has 0 bridgehead atoms. The summed E-state index contributed by atoms with van der Waals surface area (Å²) in [4.78, 5) is 0. The molecule has 1 atom stereocenters. The van der Waals surface area contributed by atoms with Crippen LogP contribution in [-0.2, 0) is 13.7 Å². The summed E-state index contributed by atoms with van der Waals surface area (Å²) in [5.41, 5.74) is 0. The number of hydroxylamine groups is 2. The SMILES string of the molecule is CCCCN(CCCC)O[P+](=O)OC. The second kappa shape index (κ2) is 9.53. The molecule has 5 heteroatoms. The lowest BCUT2D eigenvalue weighted by Crippen LogP contribution is -2.23. The van der Waals surface area contributed by atoms with Crippen LogP contribution >= 0.6 is 8.25 Å². The first-order valence-electron chi connectivity index (χ1n) is 5.19. The summed E-state index contributed by atoms with van der Waals surface area (Å²) in [6.45, 7) is 5.88. The van der Waals surface area contributed by atoms with E-state index in [0.717, 1.165) is 38.8 Å². The third-order valence-corrected chi connectivity index (χ3v) is 2.52. The van der Waals surface area contributed by atoms with E-state index in [1.807, 2.05) is 0 Å². The number of rotatable bonds is 9. The normalized spacial score (nSPS) is 12.1. The van der Waals surface area contributed by atoms with Crippen LogP contribution in [0.15, 0.2) is 0 Å². The molecule has 84 valence electrons. The molecule has 4 nitrogen and oxygen atoms in total. The van der Waals surface area contributed by atoms with Crippen LogP contribution in [0.5, 0.6) is 0 Å². The average Bonchev–Trinajstić information content (AvgIpc) is 2.21. The molecular weight excluding hydrogens is 201 g/mol. The van der Waals surface area contributed by atoms with Crippen LogP contribution < -0.4 is 0 Å². The average molecular weight is 222 g/mol. The van der Waals surface area contributed by atoms with Gasteiger partial charge in [0.15, 0.2) is 0 Å². The molecule has 0 saturated carbocycles. The van der Waals surface area contributed by atoms with E-state index in [-0.39, 0.29) is 0 Å². The van der Waals surface area contributed by atoms with Gasteiger partial charge in [-0.2, -0.15) is 0 Å². The molecule has 14 heavy (non-hydrogen) atoms. The van der Waals surface area contributed by atoms with Gasteiger partial charge in [-0.15, -0.1) is 9.59 Å². The Balaban J connectivity index is 3.77. The third-order valence-electron chi connectivity index (χ3n) is 1.85. The molecule has 0 radical (unpaired) electrons. The Kier molecular flexibility index (Phi) is 9.52. The Bertz CT molecular complexity index is 147. The molecule has 0 aliphatic rings. The Morgan fingerprint density at radius 3 is 2.00 bits per heavy atom. The predicted octanol–water partition coefficient (Wildman–Crippen LogP) is 3.12. The van der Waals surface area contributed by atoms with Crippen LogP contribution in [0.2, 0.25) is 0 Å². The maximum Gasteiger partial charge on any atom is 0.716 e. The van der Waals surface area contributed by atoms with Gasteiger partial charge in [0.05, 0.1) is 7.11 Å². The summed E-state index contributed by atoms with van der Waals surface area (Å²) in [6, 6.07) is 0. The third kappa shape index (κ3) is 7.39. The Morgan fingerprint density at radius 2 is 1.64 bits per heavy atom. The molecule has 0 N–H and O–H groups in total. The fourth-order valence-electron chi connectivity index (χ4n) is 0.990. The molecule has 0 saturated heterocycles. The lowest BCUT2D eigenvalue weighted by molar-refractivity contribution is -0.0637. The van der Waals surface area contributed by atoms with Crippen molar-refractivity contribution in [1.29, 1.82) is 0 Å². The Hall–Kier alpha value is -0.0200. The van der Waals surface area contributed by atoms with Crippen molar-refractivity contribution in [3.8, 4) is 0 Å². The summed E-state index contributed by atoms with van der Waals surface area (Å²) >= 11 is 0. The van der Waals surface area contributed by atoms with Crippen molar-refractivity contribution in [2.75, 3.05) is 20.2 Å². The molecule has 0 aromatic rings. The summed E-state index contributed by atoms with van der Waals surface area (Å²) in [6.07, 6.45) is 4.32. The molecule has 0 heterocycles. The van der Waals surface area contributed by atoms with Crippen molar-refractivity contribution < 1.29 is 13.7 Å². The summed E-state index contributed by atoms with van der Waals surface area (Å²) in [5, 5.41) is 1.75. The number of unbranched alkanes of at least 4 members (excludes halogenated alkanes) is 2. The first kappa shape index (κ1) is 14.0. The summed E-state index contributed by atoms with van der Waals surface area (Å²) < 4.78 is 20.7. The lowest BCUT2D eigenvalue weighted by Gasteiger charge is -2.12. The van der Waals surface area contributed by atoms with E-state index < -0.39 is 8.25 Å². The van der Waals surface area contributed by atoms with Gasteiger partial charge in [0.2, 0.25) is 0 Å². The smallest absolute Gasteiger partial charge is 0.136 e. The highest BCUT2D eigenvalue weighted by molar-refractivity contribution is 7.33. The van der Waals surface area contributed by atoms with Gasteiger partial charge in [0.25, 0.3) is 0 Å². The van der Waals surface area contributed by atoms with Crippen molar-refractivity contribution in [2.24, 2.45) is 0 Å². The highest BCUT2D eigenvalue weighted by atomic mass is 31.1. The first-order chi connectivity index (χ1) is 6.74. The van der Waals surface area contributed by atoms with Crippen LogP contribution in [0.4, 0.5) is 0 Å². The minimum atomic E-state index is -1.97. The second-order valence-electron chi connectivity index (χ2n) is 3.12. The van der Waals surface area contributed by atoms with Crippen LogP contribution in [0.25, 0.3) is 0 Å². The fourth-order valence-corrected chi connectivity index (χ4v) is 1.41. The van der Waals surface area contributed by atoms with Gasteiger partial charge < -0.3 is 0 Å². The highest BCUT2D eigenvalue weighted by Crippen LogP contribution is 2.24. The van der Waals surface area contributed by atoms with E-state index in [2.05, 4.69) is 18.4 Å². The van der Waals surface area contributed by atoms with Gasteiger partial charge in [-0.3, -0.25) is 0 Å². The van der Waals surface area contributed by atoms with E-state index in [1.54, 1.807) is 5.06 Å². The first-order valence-corrected chi connectivity index (χ1v) is 6.28. The lowest BCUT2D eigenvalue weighted by atomic mass is 10.3. The maximum absolute atomic E-state index is 11.0. The van der Waals surface area contributed by atoms with Gasteiger partial charge in [0, 0.05) is 17.7 Å². The van der Waals surface area contributed by atoms with Gasteiger partial charge in [-0.05, 0) is 17.5 Å². The van der Waals surface area contributed by atoms with Crippen molar-refractivity contribution in [2.45, 2.75) is 39.5 Å². The van der Waals surface area contributed by atoms with Crippen molar-refractivity contribution in [1.82, 2.24) is 5.06 Å². The van der Waals surface area contributed by atoms with Crippen LogP contribution in [-0.4, -0.2) is 25.3 Å². The van der Waals surface area contributed by atoms with Crippen LogP contribution in [0.1, 0.15) is 39.5 Å². The van der Waals surface area contributed by atoms with E-state index >= 15 is 0 Å². The second-order valence-corrected chi connectivity index (χ2v) is 4.10. The summed E-state index contributed by atoms with van der Waals surface area (Å²) in [7, 11) is -0.589. The summed E-state index contributed by atoms with van der Waals surface area (Å²) in [5.74, 6) is 0. The molecule has 0 amide bonds. The standard InChI is InChI=1S/C9H21NO3P/c1-4-6-8-10(9-7-5-2)13-14(11)12-3/h4-9H2,1-3H3/q+1. The molecule has 0 aromatic carbocycles. The highest BCUT2D eigenvalue weighted by Gasteiger charge is 2.23. The largest absolute Gasteiger partial charge is 0.716 e. The topological polar surface area (TPSA) is 38.8 Å². The fraction of sp³-hybridized carbons (Fsp3) is 1.00. The van der Waals surface area contributed by atoms with E-state index in [0.29, 0.717) is 0 Å². The zero-order valence-corrected chi connectivity index (χ0v) is 10.3. The number of hydrogen-bond acceptors (Lipinski definition) is 4. The van der Waals surface area contributed by atoms with Gasteiger partial charge in [-0.1, -0.05) is 26.7 Å². The Morgan fingerprint density at radius 1 is 1.14 bits per heavy atom. The quantitative estimate of drug-likeness (QED) is 0.444. The van der Waals surface area contributed by atoms with E-state index in [9.17, 15) is 4.57 Å². The van der Waals surface area contributed by atoms with Gasteiger partial charge in [0.1, 0.15) is 0 Å². The van der Waals surface area contributed by atoms with Gasteiger partial charge in [-0.25, -0.2) is 0 Å². The zero-order valence-electron chi connectivity index (χ0n) is 9.36. The van der Waals surface area contributed by atoms with Crippen LogP contribution in [0.3, 0.4) is 0 Å². The number of hydrogen-bond donors (Lipinski definition) is 0. The molecule has 1 unspecified atom stereocenters.